The van der Waals surface area contributed by atoms with Crippen LogP contribution in [0.4, 0.5) is 0 Å². The largest absolute Gasteiger partial charge is 0.367 e. The van der Waals surface area contributed by atoms with Gasteiger partial charge in [-0.05, 0) is 52.2 Å². The number of aromatic nitrogens is 3. The highest BCUT2D eigenvalue weighted by Crippen LogP contribution is 2.27. The van der Waals surface area contributed by atoms with Crippen LogP contribution in [-0.4, -0.2) is 68.4 Å². The van der Waals surface area contributed by atoms with E-state index in [1.807, 2.05) is 61.1 Å². The van der Waals surface area contributed by atoms with Crippen molar-refractivity contribution in [2.75, 3.05) is 27.2 Å². The summed E-state index contributed by atoms with van der Waals surface area (Å²) in [4.78, 5) is 24.0. The van der Waals surface area contributed by atoms with Gasteiger partial charge in [-0.1, -0.05) is 12.2 Å². The van der Waals surface area contributed by atoms with Crippen LogP contribution >= 0.6 is 0 Å². The fourth-order valence-corrected chi connectivity index (χ4v) is 4.10. The van der Waals surface area contributed by atoms with Crippen LogP contribution in [0.15, 0.2) is 66.3 Å². The number of hydrogen-bond donors (Lipinski definition) is 0. The van der Waals surface area contributed by atoms with Gasteiger partial charge in [0.25, 0.3) is 5.91 Å². The van der Waals surface area contributed by atoms with Gasteiger partial charge in [-0.15, -0.1) is 0 Å². The highest BCUT2D eigenvalue weighted by atomic mass is 16.2. The molecule has 0 N–H and O–H groups in total. The monoisotopic (exact) mass is 414 g/mol. The number of likely N-dealkylation sites (tertiary alicyclic amines) is 1. The highest BCUT2D eigenvalue weighted by molar-refractivity contribution is 5.99. The van der Waals surface area contributed by atoms with Crippen molar-refractivity contribution in [3.8, 4) is 0 Å². The molecule has 1 saturated heterocycles. The lowest BCUT2D eigenvalue weighted by molar-refractivity contribution is -0.122. The average Bonchev–Trinajstić information content (AvgIpc) is 3.09. The Morgan fingerprint density at radius 1 is 1.10 bits per heavy atom. The molecule has 0 radical (unpaired) electrons. The van der Waals surface area contributed by atoms with Gasteiger partial charge in [0, 0.05) is 42.7 Å². The Kier molecular flexibility index (Phi) is 4.63. The van der Waals surface area contributed by atoms with E-state index in [-0.39, 0.29) is 5.91 Å². The molecule has 7 heteroatoms. The van der Waals surface area contributed by atoms with Crippen molar-refractivity contribution in [1.82, 2.24) is 29.3 Å². The summed E-state index contributed by atoms with van der Waals surface area (Å²) in [5, 5.41) is 4.68. The van der Waals surface area contributed by atoms with Crippen LogP contribution in [0.5, 0.6) is 0 Å². The summed E-state index contributed by atoms with van der Waals surface area (Å²) in [5.41, 5.74) is 6.22. The molecule has 0 aromatic carbocycles. The number of aryl methyl sites for hydroxylation is 2. The normalized spacial score (nSPS) is 20.8. The van der Waals surface area contributed by atoms with Gasteiger partial charge in [0.1, 0.15) is 0 Å². The number of fused-ring (bicyclic) bond motifs is 2. The Labute approximate surface area is 182 Å². The first-order valence-corrected chi connectivity index (χ1v) is 10.5. The van der Waals surface area contributed by atoms with E-state index in [1.54, 1.807) is 11.0 Å². The number of likely N-dealkylation sites (N-methyl/N-ethyl adjacent to an activating group) is 1. The van der Waals surface area contributed by atoms with E-state index >= 15 is 0 Å². The number of carbonyl (C=O) groups excluding carboxylic acids is 1. The summed E-state index contributed by atoms with van der Waals surface area (Å²) >= 11 is 0. The molecule has 2 aromatic rings. The fraction of sp³-hybridized carbons (Fsp3) is 0.292. The second-order valence-electron chi connectivity index (χ2n) is 8.50. The second kappa shape index (κ2) is 7.35. The smallest absolute Gasteiger partial charge is 0.255 e. The van der Waals surface area contributed by atoms with E-state index in [9.17, 15) is 4.79 Å². The first-order valence-electron chi connectivity index (χ1n) is 10.5. The number of amides is 1. The van der Waals surface area contributed by atoms with Gasteiger partial charge in [-0.3, -0.25) is 14.7 Å². The van der Waals surface area contributed by atoms with Crippen LogP contribution in [0, 0.1) is 13.8 Å². The Balaban J connectivity index is 1.45. The van der Waals surface area contributed by atoms with Crippen LogP contribution in [0.1, 0.15) is 17.1 Å². The molecular weight excluding hydrogens is 388 g/mol. The number of carbonyl (C=O) groups is 1. The van der Waals surface area contributed by atoms with Crippen LogP contribution in [-0.2, 0) is 4.79 Å². The number of nitrogens with zero attached hydrogens (tertiary/aromatic N) is 6. The second-order valence-corrected chi connectivity index (χ2v) is 8.50. The number of hydrogen-bond acceptors (Lipinski definition) is 5. The molecule has 3 aliphatic heterocycles. The van der Waals surface area contributed by atoms with Crippen LogP contribution in [0.2, 0.25) is 0 Å². The molecule has 7 nitrogen and oxygen atoms in total. The molecular formula is C24H26N6O. The zero-order chi connectivity index (χ0) is 21.7. The van der Waals surface area contributed by atoms with E-state index in [0.717, 1.165) is 52.7 Å². The summed E-state index contributed by atoms with van der Waals surface area (Å²) in [7, 11) is 4.21. The van der Waals surface area contributed by atoms with E-state index in [1.165, 1.54) is 0 Å². The van der Waals surface area contributed by atoms with Gasteiger partial charge in [-0.2, -0.15) is 5.10 Å². The zero-order valence-corrected chi connectivity index (χ0v) is 18.3. The minimum absolute atomic E-state index is 0.0831. The third-order valence-corrected chi connectivity index (χ3v) is 6.04. The molecule has 0 unspecified atom stereocenters. The van der Waals surface area contributed by atoms with Crippen molar-refractivity contribution in [3.63, 3.8) is 0 Å². The van der Waals surface area contributed by atoms with Gasteiger partial charge in [0.15, 0.2) is 0 Å². The molecule has 0 atom stereocenters. The number of rotatable bonds is 3. The molecule has 1 fully saturated rings. The SMILES string of the molecule is Cc1cn2nc(C3=CC(=O)N4C=C(N5CC(N(C)C)C5)C=C/C4=C\C=C3)cc2c(C)n1. The van der Waals surface area contributed by atoms with Crippen molar-refractivity contribution >= 4 is 17.0 Å². The zero-order valence-electron chi connectivity index (χ0n) is 18.3. The Morgan fingerprint density at radius 2 is 1.87 bits per heavy atom. The van der Waals surface area contributed by atoms with Crippen LogP contribution in [0.25, 0.3) is 11.1 Å². The molecule has 0 spiro atoms. The van der Waals surface area contributed by atoms with Gasteiger partial charge in [0.05, 0.1) is 34.5 Å². The third kappa shape index (κ3) is 3.51. The van der Waals surface area contributed by atoms with E-state index in [0.29, 0.717) is 6.04 Å². The lowest BCUT2D eigenvalue weighted by Crippen LogP contribution is -2.56. The lowest BCUT2D eigenvalue weighted by Gasteiger charge is -2.45. The Bertz CT molecular complexity index is 1220. The molecule has 3 aliphatic rings. The summed E-state index contributed by atoms with van der Waals surface area (Å²) in [6.45, 7) is 5.86. The van der Waals surface area contributed by atoms with Crippen LogP contribution in [0.3, 0.4) is 0 Å². The summed E-state index contributed by atoms with van der Waals surface area (Å²) in [6, 6.07) is 2.54. The predicted octanol–water partition coefficient (Wildman–Crippen LogP) is 2.67. The summed E-state index contributed by atoms with van der Waals surface area (Å²) in [6.07, 6.45) is 15.4. The summed E-state index contributed by atoms with van der Waals surface area (Å²) in [5.74, 6) is -0.0831. The maximum Gasteiger partial charge on any atom is 0.255 e. The summed E-state index contributed by atoms with van der Waals surface area (Å²) < 4.78 is 1.83. The van der Waals surface area contributed by atoms with Crippen molar-refractivity contribution < 1.29 is 4.79 Å². The predicted molar refractivity (Wildman–Crippen MR) is 121 cm³/mol. The van der Waals surface area contributed by atoms with E-state index in [4.69, 9.17) is 0 Å². The van der Waals surface area contributed by atoms with Crippen LogP contribution < -0.4 is 0 Å². The molecule has 31 heavy (non-hydrogen) atoms. The molecule has 2 aromatic heterocycles. The van der Waals surface area contributed by atoms with Crippen molar-refractivity contribution in [2.24, 2.45) is 0 Å². The minimum atomic E-state index is -0.0831. The third-order valence-electron chi connectivity index (χ3n) is 6.04. The standard InChI is InChI=1S/C24H26N6O/c1-16-12-30-23(17(2)25-16)11-22(26-30)18-6-5-7-19-8-9-20(15-29(19)24(31)10-18)28-13-21(14-28)27(3)4/h5-12,15,21H,13-14H2,1-4H3/b6-5?,18-10?,19-7+. The lowest BCUT2D eigenvalue weighted by atomic mass is 10.0. The van der Waals surface area contributed by atoms with Crippen molar-refractivity contribution in [1.29, 1.82) is 0 Å². The fourth-order valence-electron chi connectivity index (χ4n) is 4.10. The van der Waals surface area contributed by atoms with Crippen molar-refractivity contribution in [3.05, 3.63) is 83.4 Å². The first-order chi connectivity index (χ1) is 14.9. The number of allylic oxidation sites excluding steroid dienone is 6. The van der Waals surface area contributed by atoms with Gasteiger partial charge in [0.2, 0.25) is 0 Å². The molecule has 5 heterocycles. The molecule has 5 rings (SSSR count). The quantitative estimate of drug-likeness (QED) is 0.773. The van der Waals surface area contributed by atoms with E-state index in [2.05, 4.69) is 40.1 Å². The first kappa shape index (κ1) is 19.5. The average molecular weight is 415 g/mol. The Hall–Kier alpha value is -3.45. The van der Waals surface area contributed by atoms with Crippen molar-refractivity contribution in [2.45, 2.75) is 19.9 Å². The topological polar surface area (TPSA) is 57.0 Å². The highest BCUT2D eigenvalue weighted by Gasteiger charge is 2.31. The molecule has 0 bridgehead atoms. The van der Waals surface area contributed by atoms with Gasteiger partial charge < -0.3 is 9.80 Å². The molecule has 1 amide bonds. The van der Waals surface area contributed by atoms with Gasteiger partial charge >= 0.3 is 0 Å². The Morgan fingerprint density at radius 3 is 2.65 bits per heavy atom. The van der Waals surface area contributed by atoms with E-state index < -0.39 is 0 Å². The minimum Gasteiger partial charge on any atom is -0.367 e. The van der Waals surface area contributed by atoms with Gasteiger partial charge in [-0.25, -0.2) is 4.52 Å². The molecule has 0 saturated carbocycles. The molecule has 0 aliphatic carbocycles. The maximum atomic E-state index is 13.2. The maximum absolute atomic E-state index is 13.2. The molecule has 158 valence electrons.